The fraction of sp³-hybridized carbons (Fsp3) is 0.370. The van der Waals surface area contributed by atoms with Crippen molar-refractivity contribution >= 4 is 21.8 Å². The van der Waals surface area contributed by atoms with Gasteiger partial charge in [-0.25, -0.2) is 13.8 Å². The van der Waals surface area contributed by atoms with Crippen LogP contribution in [0.15, 0.2) is 46.9 Å². The fourth-order valence-electron chi connectivity index (χ4n) is 4.02. The first-order valence-corrected chi connectivity index (χ1v) is 12.6. The number of hydrogen-bond donors (Lipinski definition) is 3. The fourth-order valence-corrected chi connectivity index (χ4v) is 4.35. The van der Waals surface area contributed by atoms with Crippen LogP contribution in [0.5, 0.6) is 0 Å². The van der Waals surface area contributed by atoms with Gasteiger partial charge in [-0.1, -0.05) is 42.8 Å². The molecule has 1 radical (unpaired) electrons. The number of hydrogen-bond acceptors (Lipinski definition) is 4. The van der Waals surface area contributed by atoms with Crippen molar-refractivity contribution in [1.82, 2.24) is 14.9 Å². The molecule has 0 fully saturated rings. The number of nitrogens with one attached hydrogen (secondary N) is 1. The van der Waals surface area contributed by atoms with Crippen molar-refractivity contribution in [2.24, 2.45) is 0 Å². The smallest absolute Gasteiger partial charge is 0.272 e. The van der Waals surface area contributed by atoms with E-state index >= 15 is 0 Å². The molecule has 3 rings (SSSR count). The summed E-state index contributed by atoms with van der Waals surface area (Å²) in [4.78, 5) is 17.8. The Morgan fingerprint density at radius 3 is 2.44 bits per heavy atom. The van der Waals surface area contributed by atoms with E-state index in [4.69, 9.17) is 0 Å². The molecule has 2 atom stereocenters. The third kappa shape index (κ3) is 6.99. The van der Waals surface area contributed by atoms with Gasteiger partial charge in [0.25, 0.3) is 5.91 Å². The molecule has 6 nitrogen and oxygen atoms in total. The summed E-state index contributed by atoms with van der Waals surface area (Å²) in [6.07, 6.45) is -0.685. The lowest BCUT2D eigenvalue weighted by molar-refractivity contribution is 0.0742. The molecule has 3 aromatic rings. The number of aromatic nitrogens is 2. The highest BCUT2D eigenvalue weighted by Crippen LogP contribution is 2.29. The molecule has 9 heteroatoms. The van der Waals surface area contributed by atoms with Crippen LogP contribution in [0.3, 0.4) is 0 Å². The molecule has 0 aliphatic rings. The Balaban J connectivity index is 1.95. The minimum Gasteiger partial charge on any atom is -0.393 e. The summed E-state index contributed by atoms with van der Waals surface area (Å²) < 4.78 is 30.3. The highest BCUT2D eigenvalue weighted by molar-refractivity contribution is 9.10. The number of imidazole rings is 1. The first kappa shape index (κ1) is 28.0. The van der Waals surface area contributed by atoms with Crippen molar-refractivity contribution in [3.05, 3.63) is 82.4 Å². The van der Waals surface area contributed by atoms with E-state index in [1.165, 1.54) is 18.2 Å². The second-order valence-electron chi connectivity index (χ2n) is 9.02. The molecule has 2 unspecified atom stereocenters. The highest BCUT2D eigenvalue weighted by Gasteiger charge is 2.26. The van der Waals surface area contributed by atoms with Crippen LogP contribution in [0.2, 0.25) is 0 Å². The van der Waals surface area contributed by atoms with Gasteiger partial charge in [-0.05, 0) is 61.6 Å². The predicted octanol–water partition coefficient (Wildman–Crippen LogP) is 5.37. The van der Waals surface area contributed by atoms with Gasteiger partial charge in [0.1, 0.15) is 23.2 Å². The zero-order valence-electron chi connectivity index (χ0n) is 20.3. The number of aliphatic hydroxyl groups is 2. The van der Waals surface area contributed by atoms with Crippen LogP contribution in [0.1, 0.15) is 60.8 Å². The van der Waals surface area contributed by atoms with Gasteiger partial charge >= 0.3 is 0 Å². The maximum absolute atomic E-state index is 14.2. The summed E-state index contributed by atoms with van der Waals surface area (Å²) >= 11 is 3.22. The molecule has 193 valence electrons. The molecular formula is C27H31BrF2N3O3. The second kappa shape index (κ2) is 12.6. The lowest BCUT2D eigenvalue weighted by Crippen LogP contribution is -2.25. The summed E-state index contributed by atoms with van der Waals surface area (Å²) in [5.74, 6) is -0.947. The maximum atomic E-state index is 14.2. The third-order valence-corrected chi connectivity index (χ3v) is 6.38. The van der Waals surface area contributed by atoms with Crippen LogP contribution in [0, 0.1) is 18.6 Å². The van der Waals surface area contributed by atoms with Gasteiger partial charge in [-0.2, -0.15) is 0 Å². The number of benzene rings is 2. The first-order chi connectivity index (χ1) is 17.1. The molecule has 2 aromatic carbocycles. The summed E-state index contributed by atoms with van der Waals surface area (Å²) in [5.41, 5.74) is 1.79. The van der Waals surface area contributed by atoms with Crippen LogP contribution >= 0.6 is 15.9 Å². The Morgan fingerprint density at radius 2 is 1.83 bits per heavy atom. The SMILES string of the molecule is [CH2]CC(O)CC(O)CCn1c(-c2ccc(F)cc2)nc(C(=O)NCc2ccc(Br)cc2F)c1C(C)C. The summed E-state index contributed by atoms with van der Waals surface area (Å²) in [5, 5.41) is 23.0. The molecule has 1 aromatic heterocycles. The van der Waals surface area contributed by atoms with Gasteiger partial charge < -0.3 is 20.1 Å². The Kier molecular flexibility index (Phi) is 9.76. The molecule has 0 saturated heterocycles. The van der Waals surface area contributed by atoms with Crippen LogP contribution in [0.25, 0.3) is 11.4 Å². The number of carbonyl (C=O) groups excluding carboxylic acids is 1. The monoisotopic (exact) mass is 562 g/mol. The van der Waals surface area contributed by atoms with Crippen molar-refractivity contribution in [3.63, 3.8) is 0 Å². The molecule has 0 spiro atoms. The number of carbonyl (C=O) groups is 1. The molecule has 3 N–H and O–H groups in total. The average Bonchev–Trinajstić information content (AvgIpc) is 3.22. The minimum atomic E-state index is -0.775. The van der Waals surface area contributed by atoms with Crippen molar-refractivity contribution in [1.29, 1.82) is 0 Å². The summed E-state index contributed by atoms with van der Waals surface area (Å²) in [6, 6.07) is 10.4. The van der Waals surface area contributed by atoms with E-state index in [1.54, 1.807) is 24.3 Å². The van der Waals surface area contributed by atoms with Crippen LogP contribution in [-0.2, 0) is 13.1 Å². The lowest BCUT2D eigenvalue weighted by Gasteiger charge is -2.19. The van der Waals surface area contributed by atoms with E-state index in [0.717, 1.165) is 0 Å². The summed E-state index contributed by atoms with van der Waals surface area (Å²) in [6.45, 7) is 7.81. The molecule has 0 bridgehead atoms. The Hall–Kier alpha value is -2.62. The van der Waals surface area contributed by atoms with Crippen molar-refractivity contribution in [2.75, 3.05) is 0 Å². The zero-order valence-corrected chi connectivity index (χ0v) is 21.9. The first-order valence-electron chi connectivity index (χ1n) is 11.8. The van der Waals surface area contributed by atoms with Crippen LogP contribution in [0.4, 0.5) is 8.78 Å². The van der Waals surface area contributed by atoms with E-state index in [-0.39, 0.29) is 24.6 Å². The van der Waals surface area contributed by atoms with E-state index in [9.17, 15) is 23.8 Å². The van der Waals surface area contributed by atoms with E-state index < -0.39 is 29.7 Å². The largest absolute Gasteiger partial charge is 0.393 e. The topological polar surface area (TPSA) is 87.4 Å². The van der Waals surface area contributed by atoms with Gasteiger partial charge in [-0.15, -0.1) is 0 Å². The normalized spacial score (nSPS) is 13.1. The van der Waals surface area contributed by atoms with Crippen LogP contribution in [-0.4, -0.2) is 37.9 Å². The van der Waals surface area contributed by atoms with Crippen molar-refractivity contribution in [2.45, 2.75) is 64.3 Å². The number of nitrogens with zero attached hydrogens (tertiary/aromatic N) is 2. The van der Waals surface area contributed by atoms with E-state index in [0.29, 0.717) is 46.5 Å². The molecule has 1 heterocycles. The van der Waals surface area contributed by atoms with E-state index in [1.807, 2.05) is 18.4 Å². The number of amides is 1. The minimum absolute atomic E-state index is 0.0180. The maximum Gasteiger partial charge on any atom is 0.272 e. The van der Waals surface area contributed by atoms with Gasteiger partial charge in [-0.3, -0.25) is 4.79 Å². The zero-order chi connectivity index (χ0) is 26.4. The summed E-state index contributed by atoms with van der Waals surface area (Å²) in [7, 11) is 0. The van der Waals surface area contributed by atoms with Gasteiger partial charge in [0.15, 0.2) is 0 Å². The second-order valence-corrected chi connectivity index (χ2v) is 9.94. The predicted molar refractivity (Wildman–Crippen MR) is 138 cm³/mol. The Labute approximate surface area is 218 Å². The standard InChI is InChI=1S/C27H31BrF2N3O3/c1-4-21(34)14-22(35)11-12-33-25(16(2)3)24(32-26(33)17-6-9-20(29)10-7-17)27(36)31-15-18-5-8-19(28)13-23(18)30/h5-10,13,16,21-22,34-35H,1,4,11-12,14-15H2,2-3H3,(H,31,36). The third-order valence-electron chi connectivity index (χ3n) is 5.89. The highest BCUT2D eigenvalue weighted by atomic mass is 79.9. The molecule has 0 saturated carbocycles. The van der Waals surface area contributed by atoms with Crippen LogP contribution < -0.4 is 5.32 Å². The Morgan fingerprint density at radius 1 is 1.14 bits per heavy atom. The molecule has 0 aliphatic heterocycles. The molecule has 36 heavy (non-hydrogen) atoms. The number of rotatable bonds is 11. The molecule has 1 amide bonds. The molecule has 0 aliphatic carbocycles. The van der Waals surface area contributed by atoms with Gasteiger partial charge in [0.05, 0.1) is 17.9 Å². The quantitative estimate of drug-likeness (QED) is 0.293. The lowest BCUT2D eigenvalue weighted by atomic mass is 10.1. The Bertz CT molecular complexity index is 1180. The number of aliphatic hydroxyl groups excluding tert-OH is 2. The van der Waals surface area contributed by atoms with Gasteiger partial charge in [0.2, 0.25) is 0 Å². The van der Waals surface area contributed by atoms with Gasteiger partial charge in [0, 0.05) is 28.7 Å². The van der Waals surface area contributed by atoms with E-state index in [2.05, 4.69) is 33.2 Å². The van der Waals surface area contributed by atoms with Crippen molar-refractivity contribution in [3.8, 4) is 11.4 Å². The van der Waals surface area contributed by atoms with Crippen molar-refractivity contribution < 1.29 is 23.8 Å². The number of halogens is 3. The molecular weight excluding hydrogens is 532 g/mol. The average molecular weight is 563 g/mol.